The van der Waals surface area contributed by atoms with Crippen LogP contribution in [0.25, 0.3) is 0 Å². The molecule has 0 bridgehead atoms. The minimum absolute atomic E-state index is 0.00725. The Morgan fingerprint density at radius 3 is 2.11 bits per heavy atom. The van der Waals surface area contributed by atoms with Crippen LogP contribution in [-0.4, -0.2) is 43.8 Å². The van der Waals surface area contributed by atoms with E-state index >= 15 is 0 Å². The Labute approximate surface area is 224 Å². The SMILES string of the molecule is CCC(C(=O)NC(C)C)N(Cc1ccccc1C)C(=O)CN(c1ccc(F)cc1)S(=O)(=O)c1ccccc1. The van der Waals surface area contributed by atoms with Crippen LogP contribution in [0.15, 0.2) is 83.8 Å². The first-order chi connectivity index (χ1) is 18.0. The van der Waals surface area contributed by atoms with Gasteiger partial charge in [-0.05, 0) is 74.7 Å². The van der Waals surface area contributed by atoms with E-state index in [2.05, 4.69) is 5.32 Å². The molecule has 1 atom stereocenters. The number of anilines is 1. The zero-order valence-electron chi connectivity index (χ0n) is 22.1. The zero-order chi connectivity index (χ0) is 27.9. The highest BCUT2D eigenvalue weighted by Crippen LogP contribution is 2.25. The van der Waals surface area contributed by atoms with Crippen LogP contribution in [0.4, 0.5) is 10.1 Å². The van der Waals surface area contributed by atoms with Gasteiger partial charge in [0.25, 0.3) is 10.0 Å². The van der Waals surface area contributed by atoms with Gasteiger partial charge >= 0.3 is 0 Å². The summed E-state index contributed by atoms with van der Waals surface area (Å²) < 4.78 is 42.0. The number of rotatable bonds is 11. The summed E-state index contributed by atoms with van der Waals surface area (Å²) in [5.41, 5.74) is 1.92. The molecule has 0 aliphatic rings. The maximum absolute atomic E-state index is 13.9. The third-order valence-electron chi connectivity index (χ3n) is 6.14. The van der Waals surface area contributed by atoms with Gasteiger partial charge in [0.05, 0.1) is 10.6 Å². The van der Waals surface area contributed by atoms with Gasteiger partial charge in [-0.25, -0.2) is 12.8 Å². The molecule has 202 valence electrons. The van der Waals surface area contributed by atoms with Gasteiger partial charge in [-0.15, -0.1) is 0 Å². The second kappa shape index (κ2) is 12.7. The number of carbonyl (C=O) groups excluding carboxylic acids is 2. The smallest absolute Gasteiger partial charge is 0.264 e. The van der Waals surface area contributed by atoms with Crippen molar-refractivity contribution in [1.82, 2.24) is 10.2 Å². The quantitative estimate of drug-likeness (QED) is 0.384. The number of halogens is 1. The lowest BCUT2D eigenvalue weighted by Gasteiger charge is -2.34. The van der Waals surface area contributed by atoms with Gasteiger partial charge in [-0.3, -0.25) is 13.9 Å². The molecule has 38 heavy (non-hydrogen) atoms. The molecule has 1 N–H and O–H groups in total. The zero-order valence-corrected chi connectivity index (χ0v) is 22.9. The molecule has 0 fully saturated rings. The molecule has 3 aromatic rings. The van der Waals surface area contributed by atoms with Gasteiger partial charge in [0.2, 0.25) is 11.8 Å². The summed E-state index contributed by atoms with van der Waals surface area (Å²) in [6.07, 6.45) is 0.332. The van der Waals surface area contributed by atoms with Gasteiger partial charge < -0.3 is 10.2 Å². The highest BCUT2D eigenvalue weighted by Gasteiger charge is 2.34. The van der Waals surface area contributed by atoms with Crippen LogP contribution < -0.4 is 9.62 Å². The lowest BCUT2D eigenvalue weighted by molar-refractivity contribution is -0.140. The third kappa shape index (κ3) is 6.98. The van der Waals surface area contributed by atoms with Crippen molar-refractivity contribution in [2.45, 2.75) is 57.6 Å². The van der Waals surface area contributed by atoms with Crippen molar-refractivity contribution in [2.24, 2.45) is 0 Å². The predicted molar refractivity (Wildman–Crippen MR) is 146 cm³/mol. The fourth-order valence-corrected chi connectivity index (χ4v) is 5.56. The summed E-state index contributed by atoms with van der Waals surface area (Å²) in [5, 5.41) is 2.87. The lowest BCUT2D eigenvalue weighted by atomic mass is 10.1. The Morgan fingerprint density at radius 2 is 1.53 bits per heavy atom. The Morgan fingerprint density at radius 1 is 0.921 bits per heavy atom. The highest BCUT2D eigenvalue weighted by atomic mass is 32.2. The van der Waals surface area contributed by atoms with E-state index in [9.17, 15) is 22.4 Å². The van der Waals surface area contributed by atoms with Crippen molar-refractivity contribution in [3.63, 3.8) is 0 Å². The van der Waals surface area contributed by atoms with Gasteiger partial charge in [0.15, 0.2) is 0 Å². The molecule has 0 aliphatic carbocycles. The van der Waals surface area contributed by atoms with Crippen molar-refractivity contribution < 1.29 is 22.4 Å². The Kier molecular flexibility index (Phi) is 9.63. The highest BCUT2D eigenvalue weighted by molar-refractivity contribution is 7.92. The first-order valence-electron chi connectivity index (χ1n) is 12.5. The molecule has 2 amide bonds. The van der Waals surface area contributed by atoms with E-state index < -0.39 is 34.3 Å². The van der Waals surface area contributed by atoms with Crippen molar-refractivity contribution in [2.75, 3.05) is 10.8 Å². The standard InChI is InChI=1S/C29H34FN3O4S/c1-5-27(29(35)31-21(2)3)32(19-23-12-10-9-11-22(23)4)28(34)20-33(25-17-15-24(30)16-18-25)38(36,37)26-13-7-6-8-14-26/h6-18,21,27H,5,19-20H2,1-4H3,(H,31,35). The monoisotopic (exact) mass is 539 g/mol. The summed E-state index contributed by atoms with van der Waals surface area (Å²) in [4.78, 5) is 28.5. The van der Waals surface area contributed by atoms with Gasteiger partial charge in [-0.1, -0.05) is 49.4 Å². The average Bonchev–Trinajstić information content (AvgIpc) is 2.88. The topological polar surface area (TPSA) is 86.8 Å². The van der Waals surface area contributed by atoms with E-state index in [4.69, 9.17) is 0 Å². The van der Waals surface area contributed by atoms with Crippen LogP contribution in [0.2, 0.25) is 0 Å². The number of hydrogen-bond donors (Lipinski definition) is 1. The van der Waals surface area contributed by atoms with E-state index in [1.165, 1.54) is 29.2 Å². The summed E-state index contributed by atoms with van der Waals surface area (Å²) >= 11 is 0. The lowest BCUT2D eigenvalue weighted by Crippen LogP contribution is -2.53. The van der Waals surface area contributed by atoms with E-state index in [1.54, 1.807) is 25.1 Å². The second-order valence-electron chi connectivity index (χ2n) is 9.34. The molecule has 3 rings (SSSR count). The van der Waals surface area contributed by atoms with Crippen LogP contribution in [0.5, 0.6) is 0 Å². The van der Waals surface area contributed by atoms with Crippen LogP contribution in [0.3, 0.4) is 0 Å². The van der Waals surface area contributed by atoms with Crippen LogP contribution in [0, 0.1) is 12.7 Å². The molecule has 0 saturated carbocycles. The second-order valence-corrected chi connectivity index (χ2v) is 11.2. The van der Waals surface area contributed by atoms with Crippen LogP contribution in [0.1, 0.15) is 38.3 Å². The molecule has 0 aliphatic heterocycles. The largest absolute Gasteiger partial charge is 0.352 e. The van der Waals surface area contributed by atoms with Crippen molar-refractivity contribution >= 4 is 27.5 Å². The van der Waals surface area contributed by atoms with Crippen molar-refractivity contribution in [1.29, 1.82) is 0 Å². The first-order valence-corrected chi connectivity index (χ1v) is 14.0. The van der Waals surface area contributed by atoms with Gasteiger partial charge in [-0.2, -0.15) is 0 Å². The molecule has 0 heterocycles. The Bertz CT molecular complexity index is 1350. The van der Waals surface area contributed by atoms with Crippen molar-refractivity contribution in [3.8, 4) is 0 Å². The molecule has 0 radical (unpaired) electrons. The fourth-order valence-electron chi connectivity index (χ4n) is 4.13. The number of hydrogen-bond acceptors (Lipinski definition) is 4. The molecular formula is C29H34FN3O4S. The average molecular weight is 540 g/mol. The summed E-state index contributed by atoms with van der Waals surface area (Å²) in [6.45, 7) is 6.94. The van der Waals surface area contributed by atoms with Gasteiger partial charge in [0.1, 0.15) is 18.4 Å². The number of benzene rings is 3. The number of amides is 2. The maximum Gasteiger partial charge on any atom is 0.264 e. The number of carbonyl (C=O) groups is 2. The minimum Gasteiger partial charge on any atom is -0.352 e. The van der Waals surface area contributed by atoms with E-state index in [0.717, 1.165) is 27.6 Å². The molecule has 0 aromatic heterocycles. The predicted octanol–water partition coefficient (Wildman–Crippen LogP) is 4.66. The molecule has 9 heteroatoms. The van der Waals surface area contributed by atoms with E-state index in [-0.39, 0.29) is 29.1 Å². The number of nitrogens with zero attached hydrogens (tertiary/aromatic N) is 2. The minimum atomic E-state index is -4.19. The number of nitrogens with one attached hydrogen (secondary N) is 1. The fraction of sp³-hybridized carbons (Fsp3) is 0.310. The van der Waals surface area contributed by atoms with Crippen LogP contribution >= 0.6 is 0 Å². The third-order valence-corrected chi connectivity index (χ3v) is 7.93. The summed E-state index contributed by atoms with van der Waals surface area (Å²) in [5.74, 6) is -1.40. The van der Waals surface area contributed by atoms with Crippen molar-refractivity contribution in [3.05, 3.63) is 95.8 Å². The molecule has 7 nitrogen and oxygen atoms in total. The first kappa shape index (κ1) is 28.8. The Hall–Kier alpha value is -3.72. The summed E-state index contributed by atoms with van der Waals surface area (Å²) in [7, 11) is -4.19. The van der Waals surface area contributed by atoms with E-state index in [1.807, 2.05) is 45.0 Å². The number of aryl methyl sites for hydroxylation is 1. The number of sulfonamides is 1. The molecule has 0 saturated heterocycles. The molecule has 3 aromatic carbocycles. The molecule has 0 spiro atoms. The normalized spacial score (nSPS) is 12.2. The van der Waals surface area contributed by atoms with E-state index in [0.29, 0.717) is 6.42 Å². The summed E-state index contributed by atoms with van der Waals surface area (Å²) in [6, 6.07) is 19.2. The maximum atomic E-state index is 13.9. The molecule has 1 unspecified atom stereocenters. The van der Waals surface area contributed by atoms with Crippen LogP contribution in [-0.2, 0) is 26.2 Å². The van der Waals surface area contributed by atoms with Gasteiger partial charge in [0, 0.05) is 12.6 Å². The Balaban J connectivity index is 2.06. The molecular weight excluding hydrogens is 505 g/mol.